The zero-order chi connectivity index (χ0) is 10.2. The van der Waals surface area contributed by atoms with E-state index in [-0.39, 0.29) is 4.34 Å². The molecule has 0 aliphatic rings. The molecule has 0 saturated heterocycles. The van der Waals surface area contributed by atoms with Gasteiger partial charge in [0.1, 0.15) is 0 Å². The first kappa shape index (κ1) is 10.6. The van der Waals surface area contributed by atoms with Crippen molar-refractivity contribution in [2.75, 3.05) is 14.1 Å². The SMILES string of the molecule is Cc1nc(S(=O)(=O)N(C)C)sc1C. The van der Waals surface area contributed by atoms with Gasteiger partial charge in [-0.3, -0.25) is 0 Å². The van der Waals surface area contributed by atoms with Gasteiger partial charge in [0, 0.05) is 19.0 Å². The van der Waals surface area contributed by atoms with E-state index in [0.717, 1.165) is 10.6 Å². The Morgan fingerprint density at radius 1 is 1.31 bits per heavy atom. The number of aromatic nitrogens is 1. The molecule has 0 aromatic carbocycles. The molecule has 4 nitrogen and oxygen atoms in total. The van der Waals surface area contributed by atoms with Crippen LogP contribution in [0.5, 0.6) is 0 Å². The van der Waals surface area contributed by atoms with Crippen LogP contribution in [0, 0.1) is 13.8 Å². The molecule has 0 amide bonds. The third-order valence-corrected chi connectivity index (χ3v) is 4.95. The summed E-state index contributed by atoms with van der Waals surface area (Å²) in [4.78, 5) is 4.94. The quantitative estimate of drug-likeness (QED) is 0.747. The van der Waals surface area contributed by atoms with E-state index in [2.05, 4.69) is 4.98 Å². The van der Waals surface area contributed by atoms with Crippen molar-refractivity contribution >= 4 is 21.4 Å². The molecule has 1 aromatic heterocycles. The molecule has 0 spiro atoms. The third kappa shape index (κ3) is 1.90. The van der Waals surface area contributed by atoms with E-state index in [1.54, 1.807) is 6.92 Å². The van der Waals surface area contributed by atoms with Crippen molar-refractivity contribution in [3.05, 3.63) is 10.6 Å². The van der Waals surface area contributed by atoms with E-state index in [1.165, 1.54) is 29.7 Å². The van der Waals surface area contributed by atoms with Gasteiger partial charge in [0.15, 0.2) is 0 Å². The normalized spacial score (nSPS) is 12.4. The molecule has 0 unspecified atom stereocenters. The summed E-state index contributed by atoms with van der Waals surface area (Å²) < 4.78 is 24.5. The summed E-state index contributed by atoms with van der Waals surface area (Å²) in [6, 6.07) is 0. The van der Waals surface area contributed by atoms with Gasteiger partial charge in [-0.2, -0.15) is 0 Å². The van der Waals surface area contributed by atoms with Crippen molar-refractivity contribution in [3.8, 4) is 0 Å². The maximum atomic E-state index is 11.6. The number of sulfonamides is 1. The van der Waals surface area contributed by atoms with Gasteiger partial charge < -0.3 is 0 Å². The van der Waals surface area contributed by atoms with Crippen LogP contribution in [0.3, 0.4) is 0 Å². The molecular weight excluding hydrogens is 208 g/mol. The van der Waals surface area contributed by atoms with Gasteiger partial charge in [0.25, 0.3) is 10.0 Å². The van der Waals surface area contributed by atoms with Crippen LogP contribution in [0.25, 0.3) is 0 Å². The molecule has 6 heteroatoms. The second kappa shape index (κ2) is 3.36. The smallest absolute Gasteiger partial charge is 0.229 e. The minimum Gasteiger partial charge on any atom is -0.229 e. The van der Waals surface area contributed by atoms with Crippen LogP contribution in [-0.4, -0.2) is 31.8 Å². The second-order valence-electron chi connectivity index (χ2n) is 2.91. The molecule has 1 heterocycles. The molecule has 0 aliphatic heterocycles. The summed E-state index contributed by atoms with van der Waals surface area (Å²) in [6.07, 6.45) is 0. The maximum Gasteiger partial charge on any atom is 0.269 e. The van der Waals surface area contributed by atoms with Gasteiger partial charge in [-0.25, -0.2) is 17.7 Å². The van der Waals surface area contributed by atoms with Crippen LogP contribution in [0.4, 0.5) is 0 Å². The van der Waals surface area contributed by atoms with Crippen LogP contribution in [0.1, 0.15) is 10.6 Å². The van der Waals surface area contributed by atoms with Gasteiger partial charge in [0.2, 0.25) is 4.34 Å². The van der Waals surface area contributed by atoms with Crippen LogP contribution in [0.15, 0.2) is 4.34 Å². The Bertz CT molecular complexity index is 387. The van der Waals surface area contributed by atoms with Crippen LogP contribution in [0.2, 0.25) is 0 Å². The van der Waals surface area contributed by atoms with Crippen LogP contribution < -0.4 is 0 Å². The second-order valence-corrected chi connectivity index (χ2v) is 6.44. The summed E-state index contributed by atoms with van der Waals surface area (Å²) in [5, 5.41) is 0. The average molecular weight is 220 g/mol. The molecule has 0 fully saturated rings. The molecule has 0 bridgehead atoms. The zero-order valence-electron chi connectivity index (χ0n) is 8.03. The Balaban J connectivity index is 3.24. The first-order chi connectivity index (χ1) is 5.85. The van der Waals surface area contributed by atoms with Crippen molar-refractivity contribution < 1.29 is 8.42 Å². The van der Waals surface area contributed by atoms with Crippen molar-refractivity contribution in [1.29, 1.82) is 0 Å². The number of hydrogen-bond donors (Lipinski definition) is 0. The largest absolute Gasteiger partial charge is 0.269 e. The summed E-state index contributed by atoms with van der Waals surface area (Å²) in [5.74, 6) is 0. The molecule has 0 N–H and O–H groups in total. The minimum atomic E-state index is -3.34. The molecule has 0 saturated carbocycles. The Morgan fingerprint density at radius 3 is 2.15 bits per heavy atom. The number of rotatable bonds is 2. The van der Waals surface area contributed by atoms with E-state index in [4.69, 9.17) is 0 Å². The lowest BCUT2D eigenvalue weighted by Gasteiger charge is -2.06. The molecule has 1 aromatic rings. The Morgan fingerprint density at radius 2 is 1.85 bits per heavy atom. The first-order valence-electron chi connectivity index (χ1n) is 3.72. The van der Waals surface area contributed by atoms with Crippen molar-refractivity contribution in [2.45, 2.75) is 18.2 Å². The van der Waals surface area contributed by atoms with E-state index in [9.17, 15) is 8.42 Å². The predicted molar refractivity (Wildman–Crippen MR) is 52.5 cm³/mol. The van der Waals surface area contributed by atoms with Crippen molar-refractivity contribution in [3.63, 3.8) is 0 Å². The first-order valence-corrected chi connectivity index (χ1v) is 5.98. The summed E-state index contributed by atoms with van der Waals surface area (Å²) in [7, 11) is -0.335. The van der Waals surface area contributed by atoms with Crippen molar-refractivity contribution in [1.82, 2.24) is 9.29 Å². The Labute approximate surface area is 82.3 Å². The highest BCUT2D eigenvalue weighted by Crippen LogP contribution is 2.22. The summed E-state index contributed by atoms with van der Waals surface area (Å²) in [6.45, 7) is 3.67. The van der Waals surface area contributed by atoms with E-state index < -0.39 is 10.0 Å². The fraction of sp³-hybridized carbons (Fsp3) is 0.571. The molecule has 0 aliphatic carbocycles. The van der Waals surface area contributed by atoms with Crippen LogP contribution in [-0.2, 0) is 10.0 Å². The van der Waals surface area contributed by atoms with Crippen molar-refractivity contribution in [2.24, 2.45) is 0 Å². The zero-order valence-corrected chi connectivity index (χ0v) is 9.66. The molecular formula is C7H12N2O2S2. The fourth-order valence-electron chi connectivity index (χ4n) is 0.710. The lowest BCUT2D eigenvalue weighted by molar-refractivity contribution is 0.520. The number of hydrogen-bond acceptors (Lipinski definition) is 4. The number of thiazole rings is 1. The Hall–Kier alpha value is -0.460. The van der Waals surface area contributed by atoms with Gasteiger partial charge in [-0.15, -0.1) is 11.3 Å². The Kier molecular flexibility index (Phi) is 2.74. The maximum absolute atomic E-state index is 11.6. The lowest BCUT2D eigenvalue weighted by Crippen LogP contribution is -2.21. The predicted octanol–water partition coefficient (Wildman–Crippen LogP) is 1.01. The lowest BCUT2D eigenvalue weighted by atomic mass is 10.4. The van der Waals surface area contributed by atoms with Gasteiger partial charge in [-0.1, -0.05) is 0 Å². The summed E-state index contributed by atoms with van der Waals surface area (Å²) in [5.41, 5.74) is 0.783. The number of aryl methyl sites for hydroxylation is 2. The van der Waals surface area contributed by atoms with Gasteiger partial charge >= 0.3 is 0 Å². The number of nitrogens with zero attached hydrogens (tertiary/aromatic N) is 2. The summed E-state index contributed by atoms with van der Waals surface area (Å²) >= 11 is 1.21. The topological polar surface area (TPSA) is 50.3 Å². The molecule has 0 radical (unpaired) electrons. The molecule has 0 atom stereocenters. The minimum absolute atomic E-state index is 0.174. The molecule has 74 valence electrons. The van der Waals surface area contributed by atoms with Gasteiger partial charge in [-0.05, 0) is 13.8 Å². The van der Waals surface area contributed by atoms with E-state index in [1.807, 2.05) is 6.92 Å². The highest BCUT2D eigenvalue weighted by Gasteiger charge is 2.21. The molecule has 1 rings (SSSR count). The van der Waals surface area contributed by atoms with E-state index >= 15 is 0 Å². The van der Waals surface area contributed by atoms with E-state index in [0.29, 0.717) is 0 Å². The highest BCUT2D eigenvalue weighted by molar-refractivity contribution is 7.91. The monoisotopic (exact) mass is 220 g/mol. The van der Waals surface area contributed by atoms with Gasteiger partial charge in [0.05, 0.1) is 5.69 Å². The highest BCUT2D eigenvalue weighted by atomic mass is 32.2. The fourth-order valence-corrected chi connectivity index (χ4v) is 3.16. The average Bonchev–Trinajstić information content (AvgIpc) is 2.32. The standard InChI is InChI=1S/C7H12N2O2S2/c1-5-6(2)12-7(8-5)13(10,11)9(3)4/h1-4H3. The third-order valence-electron chi connectivity index (χ3n) is 1.71. The molecule has 13 heavy (non-hydrogen) atoms. The van der Waals surface area contributed by atoms with Crippen LogP contribution >= 0.6 is 11.3 Å².